The van der Waals surface area contributed by atoms with E-state index in [1.807, 2.05) is 0 Å². The highest BCUT2D eigenvalue weighted by molar-refractivity contribution is 5.76. The highest BCUT2D eigenvalue weighted by Crippen LogP contribution is 2.31. The van der Waals surface area contributed by atoms with E-state index < -0.39 is 86.8 Å². The van der Waals surface area contributed by atoms with Crippen LogP contribution in [0.1, 0.15) is 463 Å². The average molecular weight is 1450 g/mol. The molecule has 2 fully saturated rings. The van der Waals surface area contributed by atoms with Crippen LogP contribution in [-0.2, 0) is 23.7 Å². The van der Waals surface area contributed by atoms with Gasteiger partial charge in [0.15, 0.2) is 12.6 Å². The molecule has 2 rings (SSSR count). The summed E-state index contributed by atoms with van der Waals surface area (Å²) < 4.78 is 23.0. The molecule has 0 aromatic rings. The number of hydrogen-bond donors (Lipinski definition) is 9. The number of nitrogens with one attached hydrogen (secondary N) is 1. The van der Waals surface area contributed by atoms with Crippen molar-refractivity contribution in [2.45, 2.75) is 537 Å². The summed E-state index contributed by atoms with van der Waals surface area (Å²) >= 11 is 0. The molecule has 0 radical (unpaired) electrons. The van der Waals surface area contributed by atoms with E-state index >= 15 is 0 Å². The van der Waals surface area contributed by atoms with Crippen molar-refractivity contribution >= 4 is 5.91 Å². The predicted octanol–water partition coefficient (Wildman–Crippen LogP) is 21.8. The fourth-order valence-electron chi connectivity index (χ4n) is 15.7. The van der Waals surface area contributed by atoms with E-state index in [0.717, 1.165) is 51.4 Å². The topological polar surface area (TPSA) is 228 Å². The van der Waals surface area contributed by atoms with Crippen molar-refractivity contribution in [2.24, 2.45) is 0 Å². The number of aliphatic hydroxyl groups excluding tert-OH is 8. The third kappa shape index (κ3) is 54.6. The van der Waals surface area contributed by atoms with Crippen molar-refractivity contribution in [3.63, 3.8) is 0 Å². The van der Waals surface area contributed by atoms with E-state index in [1.54, 1.807) is 0 Å². The van der Waals surface area contributed by atoms with E-state index in [4.69, 9.17) is 18.9 Å². The third-order valence-electron chi connectivity index (χ3n) is 22.8. The van der Waals surface area contributed by atoms with Crippen LogP contribution in [0.4, 0.5) is 0 Å². The van der Waals surface area contributed by atoms with Crippen LogP contribution < -0.4 is 5.32 Å². The standard InChI is InChI=1S/C88H173NO13/c1-3-5-7-9-11-13-15-17-19-21-23-25-27-29-31-33-35-37-38-39-40-42-44-46-48-50-52-54-56-58-60-62-64-66-68-70-72-80(93)89-76(75-99-87-85(98)83(96)86(79(74-91)101-87)102-88-84(97)82(95)81(94)78(73-90)100-88)77(92)71-69-67-65-63-61-59-57-55-53-51-49-47-45-43-41-36-34-32-30-28-26-24-22-20-18-16-14-12-10-8-6-4-2/h76-79,81-88,90-92,94-98H,3-75H2,1-2H3,(H,89,93). The van der Waals surface area contributed by atoms with Crippen LogP contribution in [0.5, 0.6) is 0 Å². The number of ether oxygens (including phenoxy) is 4. The second-order valence-electron chi connectivity index (χ2n) is 32.5. The summed E-state index contributed by atoms with van der Waals surface area (Å²) in [5, 5.41) is 88.1. The molecule has 608 valence electrons. The molecule has 2 saturated heterocycles. The Hall–Kier alpha value is -1.01. The number of carbonyl (C=O) groups is 1. The van der Waals surface area contributed by atoms with Crippen LogP contribution in [-0.4, -0.2) is 140 Å². The molecule has 102 heavy (non-hydrogen) atoms. The van der Waals surface area contributed by atoms with E-state index in [-0.39, 0.29) is 12.5 Å². The molecule has 12 unspecified atom stereocenters. The Kier molecular flexibility index (Phi) is 69.3. The molecule has 2 heterocycles. The van der Waals surface area contributed by atoms with Crippen LogP contribution in [0.15, 0.2) is 0 Å². The molecule has 2 aliphatic rings. The van der Waals surface area contributed by atoms with E-state index in [1.165, 1.54) is 385 Å². The molecule has 0 bridgehead atoms. The molecule has 14 nitrogen and oxygen atoms in total. The molecule has 0 aromatic heterocycles. The maximum atomic E-state index is 13.4. The van der Waals surface area contributed by atoms with Crippen LogP contribution in [0.25, 0.3) is 0 Å². The van der Waals surface area contributed by atoms with Gasteiger partial charge in [0.2, 0.25) is 5.91 Å². The van der Waals surface area contributed by atoms with Gasteiger partial charge in [-0.2, -0.15) is 0 Å². The van der Waals surface area contributed by atoms with Crippen molar-refractivity contribution in [3.05, 3.63) is 0 Å². The van der Waals surface area contributed by atoms with Gasteiger partial charge in [0.25, 0.3) is 0 Å². The number of hydrogen-bond acceptors (Lipinski definition) is 13. The maximum Gasteiger partial charge on any atom is 0.220 e. The number of rotatable bonds is 79. The lowest BCUT2D eigenvalue weighted by Gasteiger charge is -2.46. The van der Waals surface area contributed by atoms with Gasteiger partial charge in [-0.05, 0) is 12.8 Å². The lowest BCUT2D eigenvalue weighted by molar-refractivity contribution is -0.359. The van der Waals surface area contributed by atoms with E-state index in [2.05, 4.69) is 19.2 Å². The normalized spacial score (nSPS) is 21.5. The summed E-state index contributed by atoms with van der Waals surface area (Å²) in [6.07, 6.45) is 76.2. The minimum absolute atomic E-state index is 0.193. The van der Waals surface area contributed by atoms with E-state index in [9.17, 15) is 45.6 Å². The molecule has 0 aromatic carbocycles. The van der Waals surface area contributed by atoms with Crippen molar-refractivity contribution < 1.29 is 64.6 Å². The van der Waals surface area contributed by atoms with Gasteiger partial charge < -0.3 is 65.1 Å². The fourth-order valence-corrected chi connectivity index (χ4v) is 15.7. The van der Waals surface area contributed by atoms with Gasteiger partial charge in [0.1, 0.15) is 48.8 Å². The predicted molar refractivity (Wildman–Crippen MR) is 425 cm³/mol. The Morgan fingerprint density at radius 3 is 0.833 bits per heavy atom. The first kappa shape index (κ1) is 97.1. The molecule has 14 heteroatoms. The summed E-state index contributed by atoms with van der Waals surface area (Å²) in [5.41, 5.74) is 0. The molecular formula is C88H173NO13. The second kappa shape index (κ2) is 72.8. The van der Waals surface area contributed by atoms with Crippen molar-refractivity contribution in [3.8, 4) is 0 Å². The zero-order valence-corrected chi connectivity index (χ0v) is 67.2. The number of carbonyl (C=O) groups excluding carboxylic acids is 1. The summed E-state index contributed by atoms with van der Waals surface area (Å²) in [4.78, 5) is 13.4. The zero-order chi connectivity index (χ0) is 73.7. The lowest BCUT2D eigenvalue weighted by Crippen LogP contribution is -2.65. The van der Waals surface area contributed by atoms with Gasteiger partial charge in [0.05, 0.1) is 32.0 Å². The van der Waals surface area contributed by atoms with Crippen molar-refractivity contribution in [2.75, 3.05) is 19.8 Å². The number of unbranched alkanes of at least 4 members (excludes halogenated alkanes) is 66. The molecular weight excluding hydrogens is 1280 g/mol. The molecule has 0 aliphatic carbocycles. The lowest BCUT2D eigenvalue weighted by atomic mass is 9.97. The van der Waals surface area contributed by atoms with Gasteiger partial charge in [-0.15, -0.1) is 0 Å². The molecule has 0 spiro atoms. The minimum Gasteiger partial charge on any atom is -0.394 e. The highest BCUT2D eigenvalue weighted by Gasteiger charge is 2.51. The van der Waals surface area contributed by atoms with Gasteiger partial charge >= 0.3 is 0 Å². The van der Waals surface area contributed by atoms with Gasteiger partial charge in [0, 0.05) is 6.42 Å². The summed E-state index contributed by atoms with van der Waals surface area (Å²) in [7, 11) is 0. The zero-order valence-electron chi connectivity index (χ0n) is 67.2. The molecule has 12 atom stereocenters. The SMILES string of the molecule is CCCCCCCCCCCCCCCCCCCCCCCCCCCCCCCCCCCCCCC(=O)NC(COC1OC(CO)C(OC2OC(CO)C(O)C(O)C2O)C(O)C1O)C(O)CCCCCCCCCCCCCCCCCCCCCCCCCCCCCCCCCC. The number of amides is 1. The summed E-state index contributed by atoms with van der Waals surface area (Å²) in [5.74, 6) is -0.193. The third-order valence-corrected chi connectivity index (χ3v) is 22.8. The Bertz CT molecular complexity index is 1710. The Morgan fingerprint density at radius 1 is 0.314 bits per heavy atom. The first-order valence-electron chi connectivity index (χ1n) is 45.3. The largest absolute Gasteiger partial charge is 0.394 e. The Morgan fingerprint density at radius 2 is 0.559 bits per heavy atom. The summed E-state index contributed by atoms with van der Waals surface area (Å²) in [6, 6.07) is -0.826. The van der Waals surface area contributed by atoms with Crippen LogP contribution in [0.2, 0.25) is 0 Å². The highest BCUT2D eigenvalue weighted by atomic mass is 16.7. The number of aliphatic hydroxyl groups is 8. The van der Waals surface area contributed by atoms with E-state index in [0.29, 0.717) is 12.8 Å². The summed E-state index contributed by atoms with van der Waals surface area (Å²) in [6.45, 7) is 2.96. The Labute approximate surface area is 629 Å². The quantitative estimate of drug-likeness (QED) is 0.0259. The van der Waals surface area contributed by atoms with Crippen molar-refractivity contribution in [1.82, 2.24) is 5.32 Å². The van der Waals surface area contributed by atoms with Crippen molar-refractivity contribution in [1.29, 1.82) is 0 Å². The van der Waals surface area contributed by atoms with Crippen LogP contribution in [0, 0.1) is 0 Å². The Balaban J connectivity index is 1.55. The molecule has 9 N–H and O–H groups in total. The van der Waals surface area contributed by atoms with Gasteiger partial charge in [-0.3, -0.25) is 4.79 Å². The van der Waals surface area contributed by atoms with Crippen LogP contribution >= 0.6 is 0 Å². The fraction of sp³-hybridized carbons (Fsp3) is 0.989. The first-order chi connectivity index (χ1) is 50.1. The smallest absolute Gasteiger partial charge is 0.220 e. The monoisotopic (exact) mass is 1450 g/mol. The van der Waals surface area contributed by atoms with Gasteiger partial charge in [-0.25, -0.2) is 0 Å². The molecule has 1 amide bonds. The molecule has 2 aliphatic heterocycles. The second-order valence-corrected chi connectivity index (χ2v) is 32.5. The maximum absolute atomic E-state index is 13.4. The van der Waals surface area contributed by atoms with Crippen LogP contribution in [0.3, 0.4) is 0 Å². The molecule has 0 saturated carbocycles. The minimum atomic E-state index is -1.78. The van der Waals surface area contributed by atoms with Gasteiger partial charge in [-0.1, -0.05) is 444 Å². The average Bonchev–Trinajstić information content (AvgIpc) is 0.790. The first-order valence-corrected chi connectivity index (χ1v) is 45.3.